The SMILES string of the molecule is CC(C)[C@H](NC(=O)[C@H](C)O)C(=O)O[C@H](C(=O)N[C@H](C(=O)O[C@H](C)C(=O)N[C@H](C(=O)O[C@@H](C(=O)N[C@@H](C(=O)O)C(C)C)C(C)C)C(C)C)C(C)C)C(C)C. The molecule has 0 aliphatic rings. The Bertz CT molecular complexity index is 1300. The topological polar surface area (TPSA) is 253 Å². The van der Waals surface area contributed by atoms with Gasteiger partial charge in [0, 0.05) is 0 Å². The molecule has 0 aromatic heterocycles. The number of carbonyl (C=O) groups excluding carboxylic acids is 7. The van der Waals surface area contributed by atoms with Crippen LogP contribution in [0.4, 0.5) is 0 Å². The highest BCUT2D eigenvalue weighted by Crippen LogP contribution is 2.16. The van der Waals surface area contributed by atoms with Gasteiger partial charge in [-0.2, -0.15) is 0 Å². The molecule has 0 aromatic carbocycles. The third-order valence-electron chi connectivity index (χ3n) is 8.14. The van der Waals surface area contributed by atoms with Crippen LogP contribution >= 0.6 is 0 Å². The van der Waals surface area contributed by atoms with Gasteiger partial charge in [-0.3, -0.25) is 19.2 Å². The first-order chi connectivity index (χ1) is 24.2. The van der Waals surface area contributed by atoms with Crippen LogP contribution in [0.1, 0.15) is 96.9 Å². The van der Waals surface area contributed by atoms with Crippen LogP contribution in [0, 0.1) is 35.5 Å². The van der Waals surface area contributed by atoms with E-state index in [1.807, 2.05) is 0 Å². The smallest absolute Gasteiger partial charge is 0.329 e. The quantitative estimate of drug-likeness (QED) is 0.0709. The fourth-order valence-electron chi connectivity index (χ4n) is 4.70. The number of nitrogens with one attached hydrogen (secondary N) is 4. The van der Waals surface area contributed by atoms with Crippen molar-refractivity contribution in [1.29, 1.82) is 0 Å². The summed E-state index contributed by atoms with van der Waals surface area (Å²) in [4.78, 5) is 103. The molecule has 0 spiro atoms. The number of rotatable bonds is 21. The van der Waals surface area contributed by atoms with E-state index < -0.39 is 132 Å². The lowest BCUT2D eigenvalue weighted by Gasteiger charge is -2.29. The minimum absolute atomic E-state index is 0.454. The minimum atomic E-state index is -1.47. The van der Waals surface area contributed by atoms with Gasteiger partial charge in [-0.1, -0.05) is 83.1 Å². The molecule has 53 heavy (non-hydrogen) atoms. The lowest BCUT2D eigenvalue weighted by Crippen LogP contribution is -2.55. The lowest BCUT2D eigenvalue weighted by atomic mass is 10.0. The van der Waals surface area contributed by atoms with E-state index in [1.54, 1.807) is 83.1 Å². The highest BCUT2D eigenvalue weighted by Gasteiger charge is 2.38. The van der Waals surface area contributed by atoms with E-state index in [1.165, 1.54) is 13.8 Å². The largest absolute Gasteiger partial charge is 0.480 e. The number of carboxylic acid groups (broad SMARTS) is 1. The van der Waals surface area contributed by atoms with E-state index in [4.69, 9.17) is 14.2 Å². The molecule has 0 aliphatic heterocycles. The summed E-state index contributed by atoms with van der Waals surface area (Å²) in [5, 5.41) is 28.8. The molecule has 0 unspecified atom stereocenters. The Hall–Kier alpha value is -4.28. The molecule has 6 N–H and O–H groups in total. The minimum Gasteiger partial charge on any atom is -0.480 e. The summed E-state index contributed by atoms with van der Waals surface area (Å²) in [5.74, 6) is -10.6. The highest BCUT2D eigenvalue weighted by atomic mass is 16.6. The molecule has 0 bridgehead atoms. The molecule has 0 aromatic rings. The number of aliphatic carboxylic acids is 1. The van der Waals surface area contributed by atoms with Crippen LogP contribution in [-0.2, 0) is 52.6 Å². The molecule has 0 rings (SSSR count). The van der Waals surface area contributed by atoms with E-state index in [0.29, 0.717) is 0 Å². The molecule has 0 saturated carbocycles. The van der Waals surface area contributed by atoms with Crippen molar-refractivity contribution in [1.82, 2.24) is 21.3 Å². The van der Waals surface area contributed by atoms with Crippen LogP contribution in [0.2, 0.25) is 0 Å². The molecule has 17 heteroatoms. The molecule has 4 amide bonds. The molecule has 0 fully saturated rings. The Morgan fingerprint density at radius 2 is 0.679 bits per heavy atom. The Morgan fingerprint density at radius 1 is 0.396 bits per heavy atom. The van der Waals surface area contributed by atoms with Crippen LogP contribution in [0.5, 0.6) is 0 Å². The predicted molar refractivity (Wildman–Crippen MR) is 191 cm³/mol. The third kappa shape index (κ3) is 15.7. The number of ether oxygens (including phenoxy) is 3. The number of aliphatic hydroxyl groups is 1. The summed E-state index contributed by atoms with van der Waals surface area (Å²) in [6.45, 7) is 21.8. The molecule has 8 atom stereocenters. The zero-order valence-corrected chi connectivity index (χ0v) is 33.5. The molecule has 0 aliphatic carbocycles. The van der Waals surface area contributed by atoms with Crippen molar-refractivity contribution in [2.45, 2.75) is 146 Å². The van der Waals surface area contributed by atoms with E-state index >= 15 is 0 Å². The molecule has 304 valence electrons. The molecule has 0 saturated heterocycles. The maximum Gasteiger partial charge on any atom is 0.329 e. The summed E-state index contributed by atoms with van der Waals surface area (Å²) in [6, 6.07) is -4.99. The van der Waals surface area contributed by atoms with E-state index in [9.17, 15) is 48.6 Å². The summed E-state index contributed by atoms with van der Waals surface area (Å²) < 4.78 is 16.3. The van der Waals surface area contributed by atoms with Crippen LogP contribution in [-0.4, -0.2) is 106 Å². The third-order valence-corrected chi connectivity index (χ3v) is 8.14. The molecule has 0 heterocycles. The number of hydrogen-bond acceptors (Lipinski definition) is 12. The summed E-state index contributed by atoms with van der Waals surface area (Å²) in [6.07, 6.45) is -5.62. The van der Waals surface area contributed by atoms with Gasteiger partial charge in [0.15, 0.2) is 18.3 Å². The summed E-state index contributed by atoms with van der Waals surface area (Å²) in [5.41, 5.74) is 0. The van der Waals surface area contributed by atoms with E-state index in [0.717, 1.165) is 0 Å². The second-order valence-electron chi connectivity index (χ2n) is 15.2. The second kappa shape index (κ2) is 22.1. The monoisotopic (exact) mass is 758 g/mol. The molecular formula is C36H62N4O13. The fraction of sp³-hybridized carbons (Fsp3) is 0.778. The van der Waals surface area contributed by atoms with Gasteiger partial charge < -0.3 is 45.7 Å². The lowest BCUT2D eigenvalue weighted by molar-refractivity contribution is -0.166. The normalized spacial score (nSPS) is 16.2. The number of esters is 3. The first-order valence-electron chi connectivity index (χ1n) is 18.0. The Morgan fingerprint density at radius 3 is 0.962 bits per heavy atom. The van der Waals surface area contributed by atoms with Gasteiger partial charge in [0.2, 0.25) is 5.91 Å². The van der Waals surface area contributed by atoms with Crippen molar-refractivity contribution < 1.29 is 62.8 Å². The fourth-order valence-corrected chi connectivity index (χ4v) is 4.70. The maximum atomic E-state index is 13.4. The second-order valence-corrected chi connectivity index (χ2v) is 15.2. The van der Waals surface area contributed by atoms with Crippen molar-refractivity contribution >= 4 is 47.5 Å². The number of amides is 4. The highest BCUT2D eigenvalue weighted by molar-refractivity contribution is 5.93. The number of hydrogen-bond donors (Lipinski definition) is 6. The van der Waals surface area contributed by atoms with Gasteiger partial charge in [0.1, 0.15) is 30.3 Å². The Balaban J connectivity index is 5.84. The van der Waals surface area contributed by atoms with E-state index in [2.05, 4.69) is 21.3 Å². The standard InChI is InChI=1S/C36H62N4O13/c1-15(2)23(33(46)47)37-31(44)27(19(9)10)52-36(50)26(18(7)8)39-30(43)22(14)51-34(48)24(16(3)4)40-32(45)28(20(11)12)53-35(49)25(17(5)6)38-29(42)21(13)41/h15-28,41H,1-14H3,(H,37,44)(H,38,42)(H,39,43)(H,40,45)(H,46,47)/t21-,22+,23+,24-,25-,26-,27+,28-/m0/s1. The number of carbonyl (C=O) groups is 8. The molecule has 17 nitrogen and oxygen atoms in total. The Kier molecular flexibility index (Phi) is 20.3. The molecular weight excluding hydrogens is 696 g/mol. The van der Waals surface area contributed by atoms with Gasteiger partial charge in [-0.15, -0.1) is 0 Å². The van der Waals surface area contributed by atoms with Gasteiger partial charge >= 0.3 is 23.9 Å². The zero-order chi connectivity index (χ0) is 41.7. The predicted octanol–water partition coefficient (Wildman–Crippen LogP) is 1.08. The first-order valence-corrected chi connectivity index (χ1v) is 18.0. The van der Waals surface area contributed by atoms with E-state index in [-0.39, 0.29) is 0 Å². The number of aliphatic hydroxyl groups excluding tert-OH is 1. The van der Waals surface area contributed by atoms with Crippen LogP contribution in [0.25, 0.3) is 0 Å². The van der Waals surface area contributed by atoms with Crippen LogP contribution in [0.15, 0.2) is 0 Å². The Labute approximate surface area is 312 Å². The molecule has 0 radical (unpaired) electrons. The van der Waals surface area contributed by atoms with Crippen molar-refractivity contribution in [3.05, 3.63) is 0 Å². The first kappa shape index (κ1) is 48.7. The van der Waals surface area contributed by atoms with Gasteiger partial charge in [0.05, 0.1) is 0 Å². The summed E-state index contributed by atoms with van der Waals surface area (Å²) >= 11 is 0. The average Bonchev–Trinajstić information content (AvgIpc) is 3.02. The number of carboxylic acids is 1. The summed E-state index contributed by atoms with van der Waals surface area (Å²) in [7, 11) is 0. The van der Waals surface area contributed by atoms with Crippen molar-refractivity contribution in [3.8, 4) is 0 Å². The van der Waals surface area contributed by atoms with Crippen molar-refractivity contribution in [2.24, 2.45) is 35.5 Å². The average molecular weight is 759 g/mol. The van der Waals surface area contributed by atoms with Gasteiger partial charge in [-0.05, 0) is 49.4 Å². The van der Waals surface area contributed by atoms with Gasteiger partial charge in [0.25, 0.3) is 17.7 Å². The van der Waals surface area contributed by atoms with Crippen molar-refractivity contribution in [3.63, 3.8) is 0 Å². The van der Waals surface area contributed by atoms with Crippen molar-refractivity contribution in [2.75, 3.05) is 0 Å². The zero-order valence-electron chi connectivity index (χ0n) is 33.5. The van der Waals surface area contributed by atoms with Crippen LogP contribution < -0.4 is 21.3 Å². The van der Waals surface area contributed by atoms with Gasteiger partial charge in [-0.25, -0.2) is 19.2 Å². The maximum absolute atomic E-state index is 13.4. The van der Waals surface area contributed by atoms with Crippen LogP contribution in [0.3, 0.4) is 0 Å².